The van der Waals surface area contributed by atoms with Crippen LogP contribution in [0.4, 0.5) is 0 Å². The first-order valence-corrected chi connectivity index (χ1v) is 12.4. The molecule has 1 heteroatoms. The van der Waals surface area contributed by atoms with Gasteiger partial charge in [0.25, 0.3) is 0 Å². The van der Waals surface area contributed by atoms with Crippen LogP contribution in [-0.4, -0.2) is 11.3 Å². The summed E-state index contributed by atoms with van der Waals surface area (Å²) >= 11 is 0. The van der Waals surface area contributed by atoms with Gasteiger partial charge in [0.2, 0.25) is 0 Å². The van der Waals surface area contributed by atoms with Gasteiger partial charge >= 0.3 is 0 Å². The second-order valence-corrected chi connectivity index (χ2v) is 11.7. The molecule has 8 atom stereocenters. The van der Waals surface area contributed by atoms with E-state index in [0.29, 0.717) is 5.16 Å². The molecule has 24 heavy (non-hydrogen) atoms. The number of rotatable bonds is 8. The maximum atomic E-state index is 2.68. The summed E-state index contributed by atoms with van der Waals surface area (Å²) in [5.41, 5.74) is 0. The molecule has 2 aliphatic rings. The van der Waals surface area contributed by atoms with Crippen molar-refractivity contribution in [1.29, 1.82) is 0 Å². The Bertz CT molecular complexity index is 365. The fourth-order valence-corrected chi connectivity index (χ4v) is 8.30. The van der Waals surface area contributed by atoms with Gasteiger partial charge in [0, 0.05) is 0 Å². The summed E-state index contributed by atoms with van der Waals surface area (Å²) in [6.45, 7) is 15.1. The summed E-state index contributed by atoms with van der Waals surface area (Å²) in [5.74, 6) is 6.01. The van der Waals surface area contributed by atoms with Crippen molar-refractivity contribution in [1.82, 2.24) is 0 Å². The average molecular weight is 353 g/mol. The third-order valence-corrected chi connectivity index (χ3v) is 9.98. The molecule has 0 aromatic heterocycles. The first kappa shape index (κ1) is 20.7. The van der Waals surface area contributed by atoms with E-state index in [1.165, 1.54) is 66.4 Å². The molecule has 1 aliphatic heterocycles. The van der Waals surface area contributed by atoms with E-state index in [9.17, 15) is 0 Å². The number of hydrogen-bond acceptors (Lipinski definition) is 0. The minimum absolute atomic E-state index is 0.636. The molecule has 2 fully saturated rings. The third-order valence-electron chi connectivity index (χ3n) is 7.83. The van der Waals surface area contributed by atoms with Gasteiger partial charge in [-0.25, -0.2) is 0 Å². The van der Waals surface area contributed by atoms with E-state index in [1.807, 2.05) is 0 Å². The van der Waals surface area contributed by atoms with Crippen molar-refractivity contribution < 1.29 is 0 Å². The second kappa shape index (κ2) is 9.39. The molecule has 0 N–H and O–H groups in total. The summed E-state index contributed by atoms with van der Waals surface area (Å²) in [7, 11) is 1.22. The lowest BCUT2D eigenvalue weighted by Gasteiger charge is -2.52. The van der Waals surface area contributed by atoms with E-state index in [2.05, 4.69) is 41.5 Å². The van der Waals surface area contributed by atoms with Crippen molar-refractivity contribution in [2.75, 3.05) is 6.16 Å². The van der Waals surface area contributed by atoms with E-state index in [-0.39, 0.29) is 0 Å². The average Bonchev–Trinajstić information content (AvgIpc) is 2.54. The molecular weight excluding hydrogens is 307 g/mol. The van der Waals surface area contributed by atoms with Crippen molar-refractivity contribution >= 4 is 8.58 Å². The standard InChI is InChI=1S/C23H45P/c1-7-9-10-11-17(3)12-13-23(6)22(8-2)19(5)15-21-18(4)14-20(21)16-24-23/h17-22,24H,7-16H2,1-6H3. The van der Waals surface area contributed by atoms with E-state index >= 15 is 0 Å². The van der Waals surface area contributed by atoms with Gasteiger partial charge in [-0.3, -0.25) is 0 Å². The first-order chi connectivity index (χ1) is 11.4. The molecule has 0 radical (unpaired) electrons. The van der Waals surface area contributed by atoms with Gasteiger partial charge in [0.05, 0.1) is 0 Å². The van der Waals surface area contributed by atoms with Crippen LogP contribution in [0, 0.1) is 35.5 Å². The van der Waals surface area contributed by atoms with Gasteiger partial charge in [0.1, 0.15) is 0 Å². The predicted molar refractivity (Wildman–Crippen MR) is 112 cm³/mol. The van der Waals surface area contributed by atoms with E-state index in [0.717, 1.165) is 35.5 Å². The maximum Gasteiger partial charge on any atom is -0.0119 e. The third kappa shape index (κ3) is 4.99. The Morgan fingerprint density at radius 1 is 1.04 bits per heavy atom. The molecule has 0 bridgehead atoms. The van der Waals surface area contributed by atoms with Crippen molar-refractivity contribution in [3.8, 4) is 0 Å². The highest BCUT2D eigenvalue weighted by Crippen LogP contribution is 2.57. The molecule has 1 aliphatic carbocycles. The Morgan fingerprint density at radius 2 is 1.79 bits per heavy atom. The lowest BCUT2D eigenvalue weighted by molar-refractivity contribution is 0.0561. The molecule has 0 amide bonds. The van der Waals surface area contributed by atoms with Gasteiger partial charge in [-0.15, -0.1) is 8.58 Å². The van der Waals surface area contributed by atoms with Crippen LogP contribution in [0.2, 0.25) is 0 Å². The zero-order valence-corrected chi connectivity index (χ0v) is 18.5. The Balaban J connectivity index is 1.94. The van der Waals surface area contributed by atoms with Crippen molar-refractivity contribution in [2.45, 2.75) is 104 Å². The Kier molecular flexibility index (Phi) is 8.11. The van der Waals surface area contributed by atoms with Crippen molar-refractivity contribution in [3.63, 3.8) is 0 Å². The number of unbranched alkanes of at least 4 members (excludes halogenated alkanes) is 2. The zero-order chi connectivity index (χ0) is 17.7. The summed E-state index contributed by atoms with van der Waals surface area (Å²) in [4.78, 5) is 0. The highest BCUT2D eigenvalue weighted by Gasteiger charge is 2.45. The van der Waals surface area contributed by atoms with Crippen molar-refractivity contribution in [3.05, 3.63) is 0 Å². The Hall–Kier alpha value is 0.430. The molecule has 0 aromatic carbocycles. The van der Waals surface area contributed by atoms with E-state index < -0.39 is 0 Å². The highest BCUT2D eigenvalue weighted by molar-refractivity contribution is 7.40. The second-order valence-electron chi connectivity index (χ2n) is 9.80. The lowest BCUT2D eigenvalue weighted by Crippen LogP contribution is -2.45. The molecule has 8 unspecified atom stereocenters. The van der Waals surface area contributed by atoms with Gasteiger partial charge in [0.15, 0.2) is 0 Å². The van der Waals surface area contributed by atoms with E-state index in [4.69, 9.17) is 0 Å². The molecule has 1 saturated heterocycles. The fraction of sp³-hybridized carbons (Fsp3) is 1.00. The molecular formula is C23H45P. The predicted octanol–water partition coefficient (Wildman–Crippen LogP) is 7.76. The summed E-state index contributed by atoms with van der Waals surface area (Å²) in [6.07, 6.45) is 14.7. The molecule has 0 aromatic rings. The van der Waals surface area contributed by atoms with Crippen LogP contribution in [0.25, 0.3) is 0 Å². The minimum Gasteiger partial charge on any atom is -0.115 e. The zero-order valence-electron chi connectivity index (χ0n) is 17.5. The Labute approximate surface area is 155 Å². The molecule has 0 nitrogen and oxygen atoms in total. The smallest absolute Gasteiger partial charge is 0.0119 e. The molecule has 1 saturated carbocycles. The molecule has 142 valence electrons. The van der Waals surface area contributed by atoms with Crippen LogP contribution in [0.15, 0.2) is 0 Å². The van der Waals surface area contributed by atoms with Gasteiger partial charge in [-0.05, 0) is 72.5 Å². The van der Waals surface area contributed by atoms with Crippen LogP contribution >= 0.6 is 8.58 Å². The van der Waals surface area contributed by atoms with Gasteiger partial charge < -0.3 is 0 Å². The fourth-order valence-electron chi connectivity index (χ4n) is 6.03. The van der Waals surface area contributed by atoms with Crippen LogP contribution in [0.3, 0.4) is 0 Å². The molecule has 2 rings (SSSR count). The first-order valence-electron chi connectivity index (χ1n) is 11.2. The summed E-state index contributed by atoms with van der Waals surface area (Å²) < 4.78 is 0. The minimum atomic E-state index is 0.636. The normalized spacial score (nSPS) is 42.0. The number of hydrogen-bond donors (Lipinski definition) is 0. The molecule has 0 spiro atoms. The Morgan fingerprint density at radius 3 is 2.42 bits per heavy atom. The van der Waals surface area contributed by atoms with E-state index in [1.54, 1.807) is 6.16 Å². The van der Waals surface area contributed by atoms with Gasteiger partial charge in [-0.2, -0.15) is 0 Å². The van der Waals surface area contributed by atoms with Crippen LogP contribution in [0.1, 0.15) is 99.3 Å². The van der Waals surface area contributed by atoms with Crippen LogP contribution in [-0.2, 0) is 0 Å². The number of fused-ring (bicyclic) bond motifs is 1. The quantitative estimate of drug-likeness (QED) is 0.309. The largest absolute Gasteiger partial charge is 0.115 e. The van der Waals surface area contributed by atoms with Crippen LogP contribution in [0.5, 0.6) is 0 Å². The SMILES string of the molecule is CCCCCC(C)CCC1(C)PCC2CC(C)C2CC(C)C1CC. The highest BCUT2D eigenvalue weighted by atomic mass is 31.1. The summed E-state index contributed by atoms with van der Waals surface area (Å²) in [6, 6.07) is 0. The topological polar surface area (TPSA) is 0 Å². The van der Waals surface area contributed by atoms with Crippen molar-refractivity contribution in [2.24, 2.45) is 35.5 Å². The maximum absolute atomic E-state index is 2.68. The lowest BCUT2D eigenvalue weighted by atomic mass is 9.61. The van der Waals surface area contributed by atoms with Gasteiger partial charge in [-0.1, -0.05) is 73.6 Å². The monoisotopic (exact) mass is 352 g/mol. The van der Waals surface area contributed by atoms with Crippen LogP contribution < -0.4 is 0 Å². The summed E-state index contributed by atoms with van der Waals surface area (Å²) in [5, 5.41) is 0.636. The molecule has 1 heterocycles.